The predicted molar refractivity (Wildman–Crippen MR) is 104 cm³/mol. The Morgan fingerprint density at radius 2 is 1.96 bits per heavy atom. The van der Waals surface area contributed by atoms with E-state index in [1.165, 1.54) is 40.8 Å². The Morgan fingerprint density at radius 1 is 1.12 bits per heavy atom. The van der Waals surface area contributed by atoms with Crippen molar-refractivity contribution < 1.29 is 0 Å². The largest absolute Gasteiger partial charge is 0.302 e. The highest BCUT2D eigenvalue weighted by Crippen LogP contribution is 2.38. The van der Waals surface area contributed by atoms with Crippen LogP contribution in [0.5, 0.6) is 0 Å². The molecule has 24 heavy (non-hydrogen) atoms. The van der Waals surface area contributed by atoms with Crippen molar-refractivity contribution in [2.75, 3.05) is 20.1 Å². The summed E-state index contributed by atoms with van der Waals surface area (Å²) in [4.78, 5) is 7.23. The summed E-state index contributed by atoms with van der Waals surface area (Å²) < 4.78 is 1.05. The van der Waals surface area contributed by atoms with Gasteiger partial charge in [0.25, 0.3) is 0 Å². The lowest BCUT2D eigenvalue weighted by Crippen LogP contribution is -2.28. The molecule has 0 N–H and O–H groups in total. The fourth-order valence-electron chi connectivity index (χ4n) is 3.92. The number of likely N-dealkylation sites (N-methyl/N-ethyl adjacent to an activating group) is 1. The summed E-state index contributed by atoms with van der Waals surface area (Å²) in [6.45, 7) is 2.19. The van der Waals surface area contributed by atoms with E-state index in [2.05, 4.69) is 46.1 Å². The van der Waals surface area contributed by atoms with Crippen molar-refractivity contribution in [2.45, 2.75) is 25.7 Å². The molecular weight excluding hydrogens is 384 g/mol. The standard InChI is InChI=1S/C20H20BrClN2/c1-24-8-2-3-15(12-24)19-18-7-6-17(22)10-13(18)4-5-14-9-16(21)11-23-20(14)19/h6-7,9-11H,2-5,8,12H2,1H3/b19-15-. The lowest BCUT2D eigenvalue weighted by atomic mass is 9.89. The molecule has 4 heteroatoms. The number of fused-ring (bicyclic) bond motifs is 2. The number of aryl methyl sites for hydroxylation is 2. The predicted octanol–water partition coefficient (Wildman–Crippen LogP) is 5.12. The molecule has 0 saturated carbocycles. The maximum atomic E-state index is 6.28. The first-order valence-corrected chi connectivity index (χ1v) is 9.63. The fraction of sp³-hybridized carbons (Fsp3) is 0.350. The Bertz CT molecular complexity index is 773. The molecule has 2 aliphatic rings. The van der Waals surface area contributed by atoms with Gasteiger partial charge >= 0.3 is 0 Å². The highest BCUT2D eigenvalue weighted by molar-refractivity contribution is 9.10. The molecule has 1 aliphatic heterocycles. The monoisotopic (exact) mass is 402 g/mol. The first-order chi connectivity index (χ1) is 11.6. The summed E-state index contributed by atoms with van der Waals surface area (Å²) in [6.07, 6.45) is 6.30. The van der Waals surface area contributed by atoms with Gasteiger partial charge < -0.3 is 4.90 Å². The van der Waals surface area contributed by atoms with Gasteiger partial charge in [-0.15, -0.1) is 0 Å². The van der Waals surface area contributed by atoms with Crippen LogP contribution in [0.2, 0.25) is 5.02 Å². The molecular formula is C20H20BrClN2. The average Bonchev–Trinajstić information content (AvgIpc) is 2.71. The summed E-state index contributed by atoms with van der Waals surface area (Å²) in [7, 11) is 2.20. The van der Waals surface area contributed by atoms with Crippen molar-refractivity contribution >= 4 is 33.1 Å². The Balaban J connectivity index is 1.97. The number of hydrogen-bond acceptors (Lipinski definition) is 2. The van der Waals surface area contributed by atoms with Gasteiger partial charge in [-0.3, -0.25) is 4.98 Å². The summed E-state index contributed by atoms with van der Waals surface area (Å²) >= 11 is 9.86. The minimum absolute atomic E-state index is 0.818. The molecule has 1 aliphatic carbocycles. The zero-order valence-corrected chi connectivity index (χ0v) is 16.1. The van der Waals surface area contributed by atoms with Crippen LogP contribution >= 0.6 is 27.5 Å². The molecule has 0 amide bonds. The van der Waals surface area contributed by atoms with Gasteiger partial charge in [-0.25, -0.2) is 0 Å². The van der Waals surface area contributed by atoms with Gasteiger partial charge in [0.2, 0.25) is 0 Å². The third kappa shape index (κ3) is 3.05. The third-order valence-electron chi connectivity index (χ3n) is 5.00. The van der Waals surface area contributed by atoms with Crippen LogP contribution in [0.15, 0.2) is 40.5 Å². The van der Waals surface area contributed by atoms with Crippen molar-refractivity contribution in [3.63, 3.8) is 0 Å². The Hall–Kier alpha value is -1.16. The van der Waals surface area contributed by atoms with Crippen molar-refractivity contribution in [1.29, 1.82) is 0 Å². The van der Waals surface area contributed by atoms with Crippen LogP contribution in [0.1, 0.15) is 35.2 Å². The Morgan fingerprint density at radius 3 is 2.79 bits per heavy atom. The maximum Gasteiger partial charge on any atom is 0.0741 e. The van der Waals surface area contributed by atoms with Crippen molar-refractivity contribution in [1.82, 2.24) is 9.88 Å². The average molecular weight is 404 g/mol. The number of halogens is 2. The topological polar surface area (TPSA) is 16.1 Å². The second-order valence-electron chi connectivity index (χ2n) is 6.78. The highest BCUT2D eigenvalue weighted by atomic mass is 79.9. The van der Waals surface area contributed by atoms with Gasteiger partial charge in [0.15, 0.2) is 0 Å². The minimum atomic E-state index is 0.818. The quantitative estimate of drug-likeness (QED) is 0.606. The van der Waals surface area contributed by atoms with Gasteiger partial charge in [0.1, 0.15) is 0 Å². The fourth-order valence-corrected chi connectivity index (χ4v) is 4.49. The molecule has 0 atom stereocenters. The lowest BCUT2D eigenvalue weighted by molar-refractivity contribution is 0.323. The number of pyridine rings is 1. The minimum Gasteiger partial charge on any atom is -0.302 e. The van der Waals surface area contributed by atoms with E-state index in [9.17, 15) is 0 Å². The number of benzene rings is 1. The first-order valence-electron chi connectivity index (χ1n) is 8.46. The molecule has 2 heterocycles. The zero-order valence-electron chi connectivity index (χ0n) is 13.8. The number of aromatic nitrogens is 1. The van der Waals surface area contributed by atoms with Crippen LogP contribution < -0.4 is 0 Å². The SMILES string of the molecule is CN1CCC/C(=C2\c3ccc(Cl)cc3CCc3cc(Br)cnc32)C1. The molecule has 124 valence electrons. The van der Waals surface area contributed by atoms with Crippen molar-refractivity contribution in [2.24, 2.45) is 0 Å². The number of rotatable bonds is 0. The van der Waals surface area contributed by atoms with Crippen LogP contribution in [0, 0.1) is 0 Å². The summed E-state index contributed by atoms with van der Waals surface area (Å²) in [5.74, 6) is 0. The van der Waals surface area contributed by atoms with Crippen LogP contribution in [-0.4, -0.2) is 30.0 Å². The summed E-state index contributed by atoms with van der Waals surface area (Å²) in [6, 6.07) is 8.55. The normalized spacial score (nSPS) is 21.1. The van der Waals surface area contributed by atoms with E-state index in [4.69, 9.17) is 16.6 Å². The molecule has 1 aromatic carbocycles. The highest BCUT2D eigenvalue weighted by Gasteiger charge is 2.24. The molecule has 1 aromatic heterocycles. The number of hydrogen-bond donors (Lipinski definition) is 0. The van der Waals surface area contributed by atoms with Gasteiger partial charge in [-0.1, -0.05) is 17.7 Å². The lowest BCUT2D eigenvalue weighted by Gasteiger charge is -2.27. The van der Waals surface area contributed by atoms with Crippen LogP contribution in [0.25, 0.3) is 5.57 Å². The number of piperidine rings is 1. The smallest absolute Gasteiger partial charge is 0.0741 e. The molecule has 0 unspecified atom stereocenters. The summed E-state index contributed by atoms with van der Waals surface area (Å²) in [5.41, 5.74) is 7.99. The molecule has 1 fully saturated rings. The third-order valence-corrected chi connectivity index (χ3v) is 5.67. The van der Waals surface area contributed by atoms with Crippen LogP contribution in [-0.2, 0) is 12.8 Å². The first kappa shape index (κ1) is 16.3. The molecule has 2 aromatic rings. The van der Waals surface area contributed by atoms with E-state index in [1.807, 2.05) is 12.3 Å². The second kappa shape index (κ2) is 6.62. The van der Waals surface area contributed by atoms with E-state index in [0.717, 1.165) is 41.0 Å². The van der Waals surface area contributed by atoms with Gasteiger partial charge in [0.05, 0.1) is 5.69 Å². The van der Waals surface area contributed by atoms with Crippen LogP contribution in [0.3, 0.4) is 0 Å². The molecule has 0 radical (unpaired) electrons. The van der Waals surface area contributed by atoms with E-state index in [1.54, 1.807) is 0 Å². The number of likely N-dealkylation sites (tertiary alicyclic amines) is 1. The molecule has 0 bridgehead atoms. The van der Waals surface area contributed by atoms with E-state index in [0.29, 0.717) is 0 Å². The van der Waals surface area contributed by atoms with Crippen LogP contribution in [0.4, 0.5) is 0 Å². The summed E-state index contributed by atoms with van der Waals surface area (Å²) in [5, 5.41) is 0.818. The van der Waals surface area contributed by atoms with Gasteiger partial charge in [-0.2, -0.15) is 0 Å². The molecule has 2 nitrogen and oxygen atoms in total. The van der Waals surface area contributed by atoms with Gasteiger partial charge in [0, 0.05) is 27.8 Å². The Labute approximate surface area is 156 Å². The van der Waals surface area contributed by atoms with Gasteiger partial charge in [-0.05, 0) is 95.7 Å². The second-order valence-corrected chi connectivity index (χ2v) is 8.13. The molecule has 1 saturated heterocycles. The van der Waals surface area contributed by atoms with E-state index >= 15 is 0 Å². The van der Waals surface area contributed by atoms with Crippen molar-refractivity contribution in [3.05, 3.63) is 67.9 Å². The zero-order chi connectivity index (χ0) is 16.7. The molecule has 4 rings (SSSR count). The van der Waals surface area contributed by atoms with E-state index < -0.39 is 0 Å². The van der Waals surface area contributed by atoms with Crippen molar-refractivity contribution in [3.8, 4) is 0 Å². The maximum absolute atomic E-state index is 6.28. The number of nitrogens with zero attached hydrogens (tertiary/aromatic N) is 2. The van der Waals surface area contributed by atoms with E-state index in [-0.39, 0.29) is 0 Å². The Kier molecular flexibility index (Phi) is 4.50. The molecule has 0 spiro atoms.